The summed E-state index contributed by atoms with van der Waals surface area (Å²) in [5.41, 5.74) is 0.432. The van der Waals surface area contributed by atoms with E-state index in [0.29, 0.717) is 11.5 Å². The van der Waals surface area contributed by atoms with E-state index in [2.05, 4.69) is 53.8 Å². The Balaban J connectivity index is 4.16. The Hall–Kier alpha value is -0.0400. The minimum atomic E-state index is 0.432. The van der Waals surface area contributed by atoms with Crippen LogP contribution in [0.15, 0.2) is 0 Å². The van der Waals surface area contributed by atoms with Crippen molar-refractivity contribution in [1.29, 1.82) is 0 Å². The van der Waals surface area contributed by atoms with Gasteiger partial charge in [0.2, 0.25) is 0 Å². The lowest BCUT2D eigenvalue weighted by molar-refractivity contribution is 0.205. The third kappa shape index (κ3) is 6.19. The summed E-state index contributed by atoms with van der Waals surface area (Å²) < 4.78 is 0. The van der Waals surface area contributed by atoms with Gasteiger partial charge >= 0.3 is 0 Å². The van der Waals surface area contributed by atoms with Crippen LogP contribution in [-0.2, 0) is 0 Å². The van der Waals surface area contributed by atoms with E-state index in [1.54, 1.807) is 0 Å². The summed E-state index contributed by atoms with van der Waals surface area (Å²) in [7, 11) is 0. The molecule has 0 rings (SSSR count). The van der Waals surface area contributed by atoms with Crippen molar-refractivity contribution >= 4 is 0 Å². The molecular formula is C14H31N. The molecule has 0 aliphatic rings. The van der Waals surface area contributed by atoms with Crippen molar-refractivity contribution in [1.82, 2.24) is 5.32 Å². The number of hydrogen-bond acceptors (Lipinski definition) is 1. The molecule has 0 aliphatic heterocycles. The van der Waals surface area contributed by atoms with Gasteiger partial charge in [0.25, 0.3) is 0 Å². The van der Waals surface area contributed by atoms with Crippen molar-refractivity contribution in [3.8, 4) is 0 Å². The van der Waals surface area contributed by atoms with E-state index < -0.39 is 0 Å². The van der Waals surface area contributed by atoms with Crippen LogP contribution in [0.4, 0.5) is 0 Å². The molecule has 0 radical (unpaired) electrons. The summed E-state index contributed by atoms with van der Waals surface area (Å²) in [6.07, 6.45) is 2.52. The number of hydrogen-bond donors (Lipinski definition) is 1. The highest BCUT2D eigenvalue weighted by Gasteiger charge is 2.24. The van der Waals surface area contributed by atoms with Crippen molar-refractivity contribution in [3.05, 3.63) is 0 Å². The molecule has 0 aromatic rings. The standard InChI is InChI=1S/C14H31N/c1-8-9-15-13(11(2)3)10-12(4)14(5,6)7/h11-13,15H,8-10H2,1-7H3. The van der Waals surface area contributed by atoms with Crippen LogP contribution < -0.4 is 5.32 Å². The number of nitrogens with one attached hydrogen (secondary N) is 1. The van der Waals surface area contributed by atoms with Gasteiger partial charge in [-0.25, -0.2) is 0 Å². The lowest BCUT2D eigenvalue weighted by atomic mass is 9.77. The molecule has 0 aromatic carbocycles. The fourth-order valence-electron chi connectivity index (χ4n) is 1.66. The van der Waals surface area contributed by atoms with E-state index in [0.717, 1.165) is 18.4 Å². The average molecular weight is 213 g/mol. The molecule has 92 valence electrons. The van der Waals surface area contributed by atoms with Crippen molar-refractivity contribution < 1.29 is 0 Å². The van der Waals surface area contributed by atoms with Crippen LogP contribution in [0.3, 0.4) is 0 Å². The highest BCUT2D eigenvalue weighted by atomic mass is 14.9. The Morgan fingerprint density at radius 2 is 1.60 bits per heavy atom. The molecule has 1 N–H and O–H groups in total. The average Bonchev–Trinajstić information content (AvgIpc) is 2.09. The first-order valence-electron chi connectivity index (χ1n) is 6.52. The van der Waals surface area contributed by atoms with Crippen molar-refractivity contribution in [2.24, 2.45) is 17.3 Å². The van der Waals surface area contributed by atoms with Crippen LogP contribution in [-0.4, -0.2) is 12.6 Å². The topological polar surface area (TPSA) is 12.0 Å². The van der Waals surface area contributed by atoms with E-state index in [4.69, 9.17) is 0 Å². The Bertz CT molecular complexity index is 155. The van der Waals surface area contributed by atoms with Gasteiger partial charge in [0.1, 0.15) is 0 Å². The second-order valence-electron chi connectivity index (χ2n) is 6.31. The molecule has 0 spiro atoms. The van der Waals surface area contributed by atoms with E-state index in [-0.39, 0.29) is 0 Å². The Labute approximate surface area is 97.0 Å². The third-order valence-electron chi connectivity index (χ3n) is 3.55. The van der Waals surface area contributed by atoms with Crippen LogP contribution in [0, 0.1) is 17.3 Å². The van der Waals surface area contributed by atoms with Gasteiger partial charge in [-0.05, 0) is 36.6 Å². The maximum absolute atomic E-state index is 3.67. The lowest BCUT2D eigenvalue weighted by Crippen LogP contribution is -2.37. The minimum Gasteiger partial charge on any atom is -0.314 e. The molecule has 2 unspecified atom stereocenters. The molecule has 0 saturated carbocycles. The maximum Gasteiger partial charge on any atom is 0.00927 e. The molecule has 0 saturated heterocycles. The fraction of sp³-hybridized carbons (Fsp3) is 1.00. The van der Waals surface area contributed by atoms with Crippen molar-refractivity contribution in [3.63, 3.8) is 0 Å². The minimum absolute atomic E-state index is 0.432. The molecule has 1 heteroatoms. The first-order valence-corrected chi connectivity index (χ1v) is 6.52. The Kier molecular flexibility index (Phi) is 6.51. The van der Waals surface area contributed by atoms with E-state index >= 15 is 0 Å². The fourth-order valence-corrected chi connectivity index (χ4v) is 1.66. The second kappa shape index (κ2) is 6.52. The number of rotatable bonds is 6. The van der Waals surface area contributed by atoms with E-state index in [9.17, 15) is 0 Å². The first kappa shape index (κ1) is 15.0. The van der Waals surface area contributed by atoms with Gasteiger partial charge in [0, 0.05) is 6.04 Å². The second-order valence-corrected chi connectivity index (χ2v) is 6.31. The van der Waals surface area contributed by atoms with E-state index in [1.807, 2.05) is 0 Å². The van der Waals surface area contributed by atoms with Gasteiger partial charge in [0.05, 0.1) is 0 Å². The molecule has 0 bridgehead atoms. The monoisotopic (exact) mass is 213 g/mol. The molecular weight excluding hydrogens is 182 g/mol. The van der Waals surface area contributed by atoms with Crippen LogP contribution in [0.25, 0.3) is 0 Å². The molecule has 1 nitrogen and oxygen atoms in total. The summed E-state index contributed by atoms with van der Waals surface area (Å²) in [5.74, 6) is 1.51. The SMILES string of the molecule is CCCNC(CC(C)C(C)(C)C)C(C)C. The lowest BCUT2D eigenvalue weighted by Gasteiger charge is -2.33. The van der Waals surface area contributed by atoms with Gasteiger partial charge in [-0.3, -0.25) is 0 Å². The molecule has 0 fully saturated rings. The predicted molar refractivity (Wildman–Crippen MR) is 70.2 cm³/mol. The van der Waals surface area contributed by atoms with Gasteiger partial charge < -0.3 is 5.32 Å². The quantitative estimate of drug-likeness (QED) is 0.701. The zero-order valence-electron chi connectivity index (χ0n) is 11.9. The Morgan fingerprint density at radius 3 is 1.93 bits per heavy atom. The van der Waals surface area contributed by atoms with Gasteiger partial charge in [-0.2, -0.15) is 0 Å². The van der Waals surface area contributed by atoms with Crippen molar-refractivity contribution in [2.45, 2.75) is 67.3 Å². The highest BCUT2D eigenvalue weighted by Crippen LogP contribution is 2.30. The van der Waals surface area contributed by atoms with Crippen LogP contribution in [0.5, 0.6) is 0 Å². The molecule has 2 atom stereocenters. The zero-order valence-corrected chi connectivity index (χ0v) is 11.9. The van der Waals surface area contributed by atoms with Gasteiger partial charge in [-0.1, -0.05) is 48.5 Å². The van der Waals surface area contributed by atoms with Crippen molar-refractivity contribution in [2.75, 3.05) is 6.54 Å². The van der Waals surface area contributed by atoms with Crippen LogP contribution in [0.1, 0.15) is 61.3 Å². The molecule has 0 aromatic heterocycles. The normalized spacial score (nSPS) is 16.8. The largest absolute Gasteiger partial charge is 0.314 e. The summed E-state index contributed by atoms with van der Waals surface area (Å²) in [5, 5.41) is 3.67. The third-order valence-corrected chi connectivity index (χ3v) is 3.55. The zero-order chi connectivity index (χ0) is 12.1. The summed E-state index contributed by atoms with van der Waals surface area (Å²) >= 11 is 0. The molecule has 0 heterocycles. The van der Waals surface area contributed by atoms with Crippen LogP contribution in [0.2, 0.25) is 0 Å². The van der Waals surface area contributed by atoms with Gasteiger partial charge in [0.15, 0.2) is 0 Å². The van der Waals surface area contributed by atoms with Crippen LogP contribution >= 0.6 is 0 Å². The van der Waals surface area contributed by atoms with E-state index in [1.165, 1.54) is 12.8 Å². The van der Waals surface area contributed by atoms with Gasteiger partial charge in [-0.15, -0.1) is 0 Å². The first-order chi connectivity index (χ1) is 6.79. The summed E-state index contributed by atoms with van der Waals surface area (Å²) in [6.45, 7) is 17.4. The molecule has 15 heavy (non-hydrogen) atoms. The molecule has 0 amide bonds. The summed E-state index contributed by atoms with van der Waals surface area (Å²) in [6, 6.07) is 0.680. The molecule has 0 aliphatic carbocycles. The summed E-state index contributed by atoms with van der Waals surface area (Å²) in [4.78, 5) is 0. The maximum atomic E-state index is 3.67. The smallest absolute Gasteiger partial charge is 0.00927 e. The Morgan fingerprint density at radius 1 is 1.07 bits per heavy atom. The highest BCUT2D eigenvalue weighted by molar-refractivity contribution is 4.78. The predicted octanol–water partition coefficient (Wildman–Crippen LogP) is 4.08.